The number of nitrogens with one attached hydrogen (secondary N) is 3. The summed E-state index contributed by atoms with van der Waals surface area (Å²) in [7, 11) is 0. The van der Waals surface area contributed by atoms with Gasteiger partial charge in [0.1, 0.15) is 24.3 Å². The Balaban J connectivity index is 1.64. The maximum absolute atomic E-state index is 13.8. The summed E-state index contributed by atoms with van der Waals surface area (Å²) < 4.78 is 32.9. The molecule has 3 aromatic rings. The number of pyridine rings is 1. The molecule has 0 aliphatic carbocycles. The van der Waals surface area contributed by atoms with Crippen molar-refractivity contribution in [2.75, 3.05) is 6.54 Å². The van der Waals surface area contributed by atoms with Crippen LogP contribution >= 0.6 is 0 Å². The molecule has 8 nitrogen and oxygen atoms in total. The number of ether oxygens (including phenoxy) is 1. The minimum absolute atomic E-state index is 0.0168. The van der Waals surface area contributed by atoms with E-state index in [0.29, 0.717) is 12.1 Å². The Kier molecular flexibility index (Phi) is 12.0. The molecule has 1 aromatic heterocycles. The van der Waals surface area contributed by atoms with Gasteiger partial charge in [0.2, 0.25) is 5.91 Å². The summed E-state index contributed by atoms with van der Waals surface area (Å²) in [4.78, 5) is 29.4. The molecular formula is C30H36F2N4O4. The van der Waals surface area contributed by atoms with Crippen molar-refractivity contribution < 1.29 is 28.2 Å². The highest BCUT2D eigenvalue weighted by molar-refractivity contribution is 5.85. The van der Waals surface area contributed by atoms with Gasteiger partial charge in [0.05, 0.1) is 12.1 Å². The molecule has 0 aliphatic heterocycles. The number of aliphatic hydroxyl groups is 1. The Hall–Kier alpha value is -3.89. The SMILES string of the molecule is CCc1cccc(CNC[C@@H](O)[C@H](Cc2cc(F)cc(F)c2)NC(=O)C(CC)NC(=O)OCc2cccnc2)c1. The largest absolute Gasteiger partial charge is 0.445 e. The fourth-order valence-electron chi connectivity index (χ4n) is 4.18. The van der Waals surface area contributed by atoms with Crippen molar-refractivity contribution in [1.29, 1.82) is 0 Å². The molecule has 2 amide bonds. The summed E-state index contributed by atoms with van der Waals surface area (Å²) in [6.45, 7) is 4.36. The van der Waals surface area contributed by atoms with E-state index in [4.69, 9.17) is 4.74 Å². The number of amides is 2. The molecule has 0 bridgehead atoms. The maximum atomic E-state index is 13.8. The van der Waals surface area contributed by atoms with Crippen molar-refractivity contribution in [3.8, 4) is 0 Å². The van der Waals surface area contributed by atoms with Gasteiger partial charge in [0.25, 0.3) is 0 Å². The molecule has 0 saturated heterocycles. The second-order valence-electron chi connectivity index (χ2n) is 9.51. The van der Waals surface area contributed by atoms with Crippen molar-refractivity contribution in [2.24, 2.45) is 0 Å². The number of alkyl carbamates (subject to hydrolysis) is 1. The lowest BCUT2D eigenvalue weighted by molar-refractivity contribution is -0.124. The number of carbonyl (C=O) groups is 2. The third-order valence-electron chi connectivity index (χ3n) is 6.36. The third kappa shape index (κ3) is 10.0. The zero-order valence-electron chi connectivity index (χ0n) is 22.7. The van der Waals surface area contributed by atoms with Crippen LogP contribution in [0.2, 0.25) is 0 Å². The topological polar surface area (TPSA) is 113 Å². The zero-order valence-corrected chi connectivity index (χ0v) is 22.7. The quantitative estimate of drug-likeness (QED) is 0.241. The number of carbonyl (C=O) groups excluding carboxylic acids is 2. The molecule has 4 N–H and O–H groups in total. The molecular weight excluding hydrogens is 518 g/mol. The van der Waals surface area contributed by atoms with Gasteiger partial charge in [-0.15, -0.1) is 0 Å². The van der Waals surface area contributed by atoms with Gasteiger partial charge in [-0.1, -0.05) is 44.2 Å². The molecule has 1 heterocycles. The van der Waals surface area contributed by atoms with Crippen molar-refractivity contribution in [3.05, 3.63) is 101 Å². The summed E-state index contributed by atoms with van der Waals surface area (Å²) in [6.07, 6.45) is 2.40. The predicted molar refractivity (Wildman–Crippen MR) is 147 cm³/mol. The fraction of sp³-hybridized carbons (Fsp3) is 0.367. The van der Waals surface area contributed by atoms with Crippen LogP contribution in [0.1, 0.15) is 42.5 Å². The number of aliphatic hydroxyl groups excluding tert-OH is 1. The lowest BCUT2D eigenvalue weighted by Crippen LogP contribution is -2.54. The van der Waals surface area contributed by atoms with Gasteiger partial charge in [0.15, 0.2) is 0 Å². The van der Waals surface area contributed by atoms with Crippen LogP contribution in [0.3, 0.4) is 0 Å². The lowest BCUT2D eigenvalue weighted by atomic mass is 9.99. The molecule has 0 fully saturated rings. The molecule has 0 aliphatic rings. The molecule has 40 heavy (non-hydrogen) atoms. The minimum Gasteiger partial charge on any atom is -0.445 e. The van der Waals surface area contributed by atoms with E-state index in [1.807, 2.05) is 18.2 Å². The van der Waals surface area contributed by atoms with Crippen LogP contribution < -0.4 is 16.0 Å². The highest BCUT2D eigenvalue weighted by Crippen LogP contribution is 2.13. The molecule has 0 radical (unpaired) electrons. The molecule has 3 atom stereocenters. The second kappa shape index (κ2) is 15.6. The highest BCUT2D eigenvalue weighted by atomic mass is 19.1. The first kappa shape index (κ1) is 30.6. The Morgan fingerprint density at radius 3 is 2.35 bits per heavy atom. The normalized spacial score (nSPS) is 13.2. The van der Waals surface area contributed by atoms with E-state index in [1.165, 1.54) is 5.56 Å². The maximum Gasteiger partial charge on any atom is 0.408 e. The van der Waals surface area contributed by atoms with Crippen molar-refractivity contribution in [2.45, 2.75) is 64.4 Å². The van der Waals surface area contributed by atoms with Crippen molar-refractivity contribution in [3.63, 3.8) is 0 Å². The number of hydrogen-bond acceptors (Lipinski definition) is 6. The van der Waals surface area contributed by atoms with E-state index in [1.54, 1.807) is 31.5 Å². The predicted octanol–water partition coefficient (Wildman–Crippen LogP) is 3.81. The fourth-order valence-corrected chi connectivity index (χ4v) is 4.18. The summed E-state index contributed by atoms with van der Waals surface area (Å²) >= 11 is 0. The molecule has 0 saturated carbocycles. The molecule has 10 heteroatoms. The number of aryl methyl sites for hydroxylation is 1. The molecule has 2 aromatic carbocycles. The summed E-state index contributed by atoms with van der Waals surface area (Å²) in [5.74, 6) is -2.07. The Morgan fingerprint density at radius 2 is 1.68 bits per heavy atom. The molecule has 214 valence electrons. The monoisotopic (exact) mass is 554 g/mol. The number of halogens is 2. The number of benzene rings is 2. The van der Waals surface area contributed by atoms with Crippen LogP contribution in [0.4, 0.5) is 13.6 Å². The Labute approximate surface area is 233 Å². The van der Waals surface area contributed by atoms with Crippen LogP contribution in [0.25, 0.3) is 0 Å². The van der Waals surface area contributed by atoms with Gasteiger partial charge < -0.3 is 25.8 Å². The van der Waals surface area contributed by atoms with Gasteiger partial charge >= 0.3 is 6.09 Å². The standard InChI is InChI=1S/C30H36F2N4O4/c1-3-20-7-5-8-21(11-20)16-34-18-28(37)27(14-23-12-24(31)15-25(32)13-23)35-29(38)26(4-2)36-30(39)40-19-22-9-6-10-33-17-22/h5-13,15,17,26-28,34,37H,3-4,14,16,18-19H2,1-2H3,(H,35,38)(H,36,39)/t26?,27-,28+/m0/s1. The van der Waals surface area contributed by atoms with Gasteiger partial charge in [-0.2, -0.15) is 0 Å². The van der Waals surface area contributed by atoms with E-state index in [0.717, 1.165) is 30.2 Å². The summed E-state index contributed by atoms with van der Waals surface area (Å²) in [5.41, 5.74) is 3.19. The Bertz CT molecular complexity index is 1230. The number of aromatic nitrogens is 1. The zero-order chi connectivity index (χ0) is 28.9. The smallest absolute Gasteiger partial charge is 0.408 e. The van der Waals surface area contributed by atoms with E-state index < -0.39 is 41.8 Å². The van der Waals surface area contributed by atoms with Crippen LogP contribution in [0.15, 0.2) is 67.0 Å². The van der Waals surface area contributed by atoms with Gasteiger partial charge in [-0.25, -0.2) is 13.6 Å². The van der Waals surface area contributed by atoms with Crippen molar-refractivity contribution >= 4 is 12.0 Å². The first-order valence-electron chi connectivity index (χ1n) is 13.3. The lowest BCUT2D eigenvalue weighted by Gasteiger charge is -2.27. The van der Waals surface area contributed by atoms with Crippen LogP contribution in [-0.4, -0.2) is 46.8 Å². The highest BCUT2D eigenvalue weighted by Gasteiger charge is 2.27. The van der Waals surface area contributed by atoms with Gasteiger partial charge in [-0.05, 0) is 54.2 Å². The first-order chi connectivity index (χ1) is 19.3. The van der Waals surface area contributed by atoms with Gasteiger partial charge in [0, 0.05) is 37.1 Å². The number of hydrogen-bond donors (Lipinski definition) is 4. The first-order valence-corrected chi connectivity index (χ1v) is 13.3. The number of rotatable bonds is 14. The van der Waals surface area contributed by atoms with Crippen LogP contribution in [0, 0.1) is 11.6 Å². The third-order valence-corrected chi connectivity index (χ3v) is 6.36. The van der Waals surface area contributed by atoms with E-state index in [-0.39, 0.29) is 31.6 Å². The summed E-state index contributed by atoms with van der Waals surface area (Å²) in [5, 5.41) is 19.5. The molecule has 0 spiro atoms. The summed E-state index contributed by atoms with van der Waals surface area (Å²) in [6, 6.07) is 12.7. The number of nitrogens with zero attached hydrogens (tertiary/aromatic N) is 1. The van der Waals surface area contributed by atoms with E-state index in [9.17, 15) is 23.5 Å². The van der Waals surface area contributed by atoms with E-state index in [2.05, 4.69) is 33.9 Å². The van der Waals surface area contributed by atoms with E-state index >= 15 is 0 Å². The van der Waals surface area contributed by atoms with Crippen LogP contribution in [-0.2, 0) is 35.5 Å². The van der Waals surface area contributed by atoms with Crippen molar-refractivity contribution in [1.82, 2.24) is 20.9 Å². The Morgan fingerprint density at radius 1 is 0.950 bits per heavy atom. The van der Waals surface area contributed by atoms with Gasteiger partial charge in [-0.3, -0.25) is 9.78 Å². The average molecular weight is 555 g/mol. The molecule has 1 unspecified atom stereocenters. The second-order valence-corrected chi connectivity index (χ2v) is 9.51. The molecule has 3 rings (SSSR count). The average Bonchev–Trinajstić information content (AvgIpc) is 2.94. The minimum atomic E-state index is -1.10. The van der Waals surface area contributed by atoms with Crippen LogP contribution in [0.5, 0.6) is 0 Å².